The molecule has 5 heteroatoms. The summed E-state index contributed by atoms with van der Waals surface area (Å²) in [6.07, 6.45) is 3.58. The van der Waals surface area contributed by atoms with Crippen LogP contribution in [0.4, 0.5) is 0 Å². The summed E-state index contributed by atoms with van der Waals surface area (Å²) in [5.74, 6) is 0.345. The Morgan fingerprint density at radius 2 is 2.42 bits per heavy atom. The van der Waals surface area contributed by atoms with Gasteiger partial charge < -0.3 is 18.8 Å². The molecule has 0 spiro atoms. The molecule has 1 amide bonds. The number of carbonyl (C=O) groups excluding carboxylic acids is 1. The number of likely N-dealkylation sites (tertiary alicyclic amines) is 1. The number of nitrogens with zero attached hydrogens (tertiary/aromatic N) is 1. The lowest BCUT2D eigenvalue weighted by Gasteiger charge is -2.32. The zero-order chi connectivity index (χ0) is 13.5. The summed E-state index contributed by atoms with van der Waals surface area (Å²) < 4.78 is 16.1. The number of hydrogen-bond acceptors (Lipinski definition) is 4. The van der Waals surface area contributed by atoms with Gasteiger partial charge in [-0.15, -0.1) is 0 Å². The van der Waals surface area contributed by atoms with Crippen molar-refractivity contribution in [1.82, 2.24) is 4.90 Å². The van der Waals surface area contributed by atoms with Gasteiger partial charge in [-0.2, -0.15) is 0 Å². The first-order chi connectivity index (χ1) is 9.31. The van der Waals surface area contributed by atoms with Gasteiger partial charge in [0, 0.05) is 19.7 Å². The van der Waals surface area contributed by atoms with E-state index < -0.39 is 0 Å². The van der Waals surface area contributed by atoms with E-state index in [4.69, 9.17) is 13.9 Å². The van der Waals surface area contributed by atoms with E-state index in [0.717, 1.165) is 19.4 Å². The molecule has 0 radical (unpaired) electrons. The van der Waals surface area contributed by atoms with Gasteiger partial charge in [-0.05, 0) is 31.9 Å². The van der Waals surface area contributed by atoms with Gasteiger partial charge in [0.15, 0.2) is 5.76 Å². The van der Waals surface area contributed by atoms with Crippen LogP contribution in [0.5, 0.6) is 0 Å². The van der Waals surface area contributed by atoms with Gasteiger partial charge in [0.1, 0.15) is 0 Å². The molecule has 0 bridgehead atoms. The fourth-order valence-corrected chi connectivity index (χ4v) is 2.23. The van der Waals surface area contributed by atoms with Gasteiger partial charge in [0.2, 0.25) is 0 Å². The molecule has 0 aliphatic carbocycles. The van der Waals surface area contributed by atoms with Crippen molar-refractivity contribution in [2.24, 2.45) is 0 Å². The van der Waals surface area contributed by atoms with Crippen LogP contribution in [0.3, 0.4) is 0 Å². The molecule has 19 heavy (non-hydrogen) atoms. The predicted octanol–water partition coefficient (Wildman–Crippen LogP) is 1.94. The van der Waals surface area contributed by atoms with Crippen molar-refractivity contribution in [1.29, 1.82) is 0 Å². The molecule has 2 heterocycles. The summed E-state index contributed by atoms with van der Waals surface area (Å²) in [4.78, 5) is 13.9. The van der Waals surface area contributed by atoms with E-state index in [1.807, 2.05) is 6.92 Å². The quantitative estimate of drug-likeness (QED) is 0.739. The molecule has 106 valence electrons. The van der Waals surface area contributed by atoms with Crippen LogP contribution in [0.15, 0.2) is 22.8 Å². The molecule has 0 N–H and O–H groups in total. The zero-order valence-electron chi connectivity index (χ0n) is 11.3. The number of piperidine rings is 1. The first-order valence-corrected chi connectivity index (χ1v) is 6.83. The SMILES string of the molecule is CCOCCOC1CCCN(C(=O)c2ccco2)C1. The molecule has 1 aliphatic heterocycles. The largest absolute Gasteiger partial charge is 0.459 e. The third-order valence-electron chi connectivity index (χ3n) is 3.18. The van der Waals surface area contributed by atoms with Crippen LogP contribution in [-0.2, 0) is 9.47 Å². The molecular formula is C14H21NO4. The van der Waals surface area contributed by atoms with Crippen molar-refractivity contribution < 1.29 is 18.7 Å². The lowest BCUT2D eigenvalue weighted by Crippen LogP contribution is -2.43. The molecule has 1 aliphatic rings. The Morgan fingerprint density at radius 1 is 1.53 bits per heavy atom. The normalized spacial score (nSPS) is 19.6. The fourth-order valence-electron chi connectivity index (χ4n) is 2.23. The molecule has 1 aromatic rings. The minimum atomic E-state index is -0.0527. The van der Waals surface area contributed by atoms with E-state index in [9.17, 15) is 4.79 Å². The van der Waals surface area contributed by atoms with E-state index in [2.05, 4.69) is 0 Å². The second-order valence-corrected chi connectivity index (χ2v) is 4.56. The molecule has 0 saturated carbocycles. The highest BCUT2D eigenvalue weighted by molar-refractivity contribution is 5.91. The summed E-state index contributed by atoms with van der Waals surface area (Å²) in [5, 5.41) is 0. The van der Waals surface area contributed by atoms with Crippen LogP contribution < -0.4 is 0 Å². The monoisotopic (exact) mass is 267 g/mol. The average Bonchev–Trinajstić information content (AvgIpc) is 2.97. The molecule has 2 rings (SSSR count). The van der Waals surface area contributed by atoms with Gasteiger partial charge in [-0.1, -0.05) is 0 Å². The highest BCUT2D eigenvalue weighted by atomic mass is 16.5. The Labute approximate surface area is 113 Å². The molecule has 1 atom stereocenters. The van der Waals surface area contributed by atoms with Gasteiger partial charge in [-0.3, -0.25) is 4.79 Å². The number of rotatable bonds is 6. The van der Waals surface area contributed by atoms with Crippen molar-refractivity contribution in [3.05, 3.63) is 24.2 Å². The second kappa shape index (κ2) is 7.31. The molecule has 1 saturated heterocycles. The smallest absolute Gasteiger partial charge is 0.289 e. The maximum Gasteiger partial charge on any atom is 0.289 e. The Kier molecular flexibility index (Phi) is 5.42. The Hall–Kier alpha value is -1.33. The number of amides is 1. The number of ether oxygens (including phenoxy) is 2. The van der Waals surface area contributed by atoms with Gasteiger partial charge in [0.05, 0.1) is 25.6 Å². The van der Waals surface area contributed by atoms with Crippen molar-refractivity contribution in [2.45, 2.75) is 25.9 Å². The van der Waals surface area contributed by atoms with Gasteiger partial charge >= 0.3 is 0 Å². The Morgan fingerprint density at radius 3 is 3.16 bits per heavy atom. The molecule has 1 unspecified atom stereocenters. The molecule has 5 nitrogen and oxygen atoms in total. The molecular weight excluding hydrogens is 246 g/mol. The molecule has 1 fully saturated rings. The van der Waals surface area contributed by atoms with Crippen molar-refractivity contribution in [2.75, 3.05) is 32.9 Å². The van der Waals surface area contributed by atoms with Crippen LogP contribution >= 0.6 is 0 Å². The Balaban J connectivity index is 1.78. The minimum Gasteiger partial charge on any atom is -0.459 e. The van der Waals surface area contributed by atoms with E-state index in [-0.39, 0.29) is 12.0 Å². The van der Waals surface area contributed by atoms with Crippen molar-refractivity contribution in [3.8, 4) is 0 Å². The summed E-state index contributed by atoms with van der Waals surface area (Å²) in [5.41, 5.74) is 0. The fraction of sp³-hybridized carbons (Fsp3) is 0.643. The summed E-state index contributed by atoms with van der Waals surface area (Å²) in [7, 11) is 0. The zero-order valence-corrected chi connectivity index (χ0v) is 11.3. The average molecular weight is 267 g/mol. The number of hydrogen-bond donors (Lipinski definition) is 0. The maximum atomic E-state index is 12.1. The molecule has 0 aromatic carbocycles. The lowest BCUT2D eigenvalue weighted by molar-refractivity contribution is -0.0231. The van der Waals surface area contributed by atoms with Gasteiger partial charge in [-0.25, -0.2) is 0 Å². The van der Waals surface area contributed by atoms with Crippen LogP contribution in [-0.4, -0.2) is 49.8 Å². The van der Waals surface area contributed by atoms with Gasteiger partial charge in [0.25, 0.3) is 5.91 Å². The standard InChI is InChI=1S/C14H21NO4/c1-2-17-9-10-18-12-5-3-7-15(11-12)14(16)13-6-4-8-19-13/h4,6,8,12H,2-3,5,7,9-11H2,1H3. The third kappa shape index (κ3) is 4.08. The van der Waals surface area contributed by atoms with Crippen LogP contribution in [0, 0.1) is 0 Å². The summed E-state index contributed by atoms with van der Waals surface area (Å²) in [6, 6.07) is 3.43. The molecule has 1 aromatic heterocycles. The van der Waals surface area contributed by atoms with Crippen LogP contribution in [0.2, 0.25) is 0 Å². The first kappa shape index (κ1) is 14.1. The van der Waals surface area contributed by atoms with Crippen LogP contribution in [0.25, 0.3) is 0 Å². The van der Waals surface area contributed by atoms with E-state index in [1.54, 1.807) is 17.0 Å². The summed E-state index contributed by atoms with van der Waals surface area (Å²) in [6.45, 7) is 5.26. The highest BCUT2D eigenvalue weighted by Gasteiger charge is 2.26. The first-order valence-electron chi connectivity index (χ1n) is 6.83. The predicted molar refractivity (Wildman–Crippen MR) is 70.1 cm³/mol. The van der Waals surface area contributed by atoms with Crippen LogP contribution in [0.1, 0.15) is 30.3 Å². The minimum absolute atomic E-state index is 0.0527. The number of furan rings is 1. The lowest BCUT2D eigenvalue weighted by atomic mass is 10.1. The maximum absolute atomic E-state index is 12.1. The number of carbonyl (C=O) groups is 1. The van der Waals surface area contributed by atoms with Crippen molar-refractivity contribution in [3.63, 3.8) is 0 Å². The highest BCUT2D eigenvalue weighted by Crippen LogP contribution is 2.16. The summed E-state index contributed by atoms with van der Waals surface area (Å²) >= 11 is 0. The van der Waals surface area contributed by atoms with E-state index in [0.29, 0.717) is 32.1 Å². The Bertz CT molecular complexity index is 377. The van der Waals surface area contributed by atoms with E-state index >= 15 is 0 Å². The second-order valence-electron chi connectivity index (χ2n) is 4.56. The topological polar surface area (TPSA) is 51.9 Å². The van der Waals surface area contributed by atoms with Crippen molar-refractivity contribution >= 4 is 5.91 Å². The third-order valence-corrected chi connectivity index (χ3v) is 3.18. The van der Waals surface area contributed by atoms with E-state index in [1.165, 1.54) is 6.26 Å².